The Morgan fingerprint density at radius 2 is 2.05 bits per heavy atom. The molecule has 0 bridgehead atoms. The van der Waals surface area contributed by atoms with Crippen LogP contribution in [0, 0.1) is 0 Å². The lowest BCUT2D eigenvalue weighted by molar-refractivity contribution is 0.265. The molecule has 19 heavy (non-hydrogen) atoms. The summed E-state index contributed by atoms with van der Waals surface area (Å²) >= 11 is 0. The molecule has 0 aliphatic heterocycles. The number of methoxy groups -OCH3 is 1. The zero-order chi connectivity index (χ0) is 14.3. The van der Waals surface area contributed by atoms with Crippen LogP contribution >= 0.6 is 0 Å². The lowest BCUT2D eigenvalue weighted by atomic mass is 10.1. The van der Waals surface area contributed by atoms with Gasteiger partial charge in [-0.1, -0.05) is 12.1 Å². The first kappa shape index (κ1) is 15.8. The van der Waals surface area contributed by atoms with Crippen LogP contribution in [0.5, 0.6) is 11.5 Å². The van der Waals surface area contributed by atoms with Gasteiger partial charge in [0, 0.05) is 12.6 Å². The molecule has 0 aliphatic rings. The Balaban J connectivity index is 2.71. The van der Waals surface area contributed by atoms with E-state index in [1.807, 2.05) is 25.1 Å². The van der Waals surface area contributed by atoms with E-state index in [2.05, 4.69) is 19.0 Å². The molecule has 108 valence electrons. The highest BCUT2D eigenvalue weighted by Gasteiger charge is 2.11. The van der Waals surface area contributed by atoms with Crippen molar-refractivity contribution in [1.82, 2.24) is 4.90 Å². The normalized spacial score (nSPS) is 12.5. The first-order valence-corrected chi connectivity index (χ1v) is 6.73. The van der Waals surface area contributed by atoms with E-state index >= 15 is 0 Å². The number of ether oxygens (including phenoxy) is 2. The predicted octanol–water partition coefficient (Wildman–Crippen LogP) is 1.92. The van der Waals surface area contributed by atoms with Crippen molar-refractivity contribution in [2.75, 3.05) is 34.4 Å². The fourth-order valence-electron chi connectivity index (χ4n) is 1.95. The van der Waals surface area contributed by atoms with E-state index in [0.717, 1.165) is 36.4 Å². The standard InChI is InChI=1S/C15H26N2O2/c1-12(16)11-13-7-5-8-14(18-4)15(13)19-10-6-9-17(2)3/h5,7-8,12H,6,9-11,16H2,1-4H3. The lowest BCUT2D eigenvalue weighted by Gasteiger charge is -2.17. The quantitative estimate of drug-likeness (QED) is 0.730. The highest BCUT2D eigenvalue weighted by atomic mass is 16.5. The van der Waals surface area contributed by atoms with Gasteiger partial charge < -0.3 is 20.1 Å². The van der Waals surface area contributed by atoms with Crippen LogP contribution in [0.15, 0.2) is 18.2 Å². The number of hydrogen-bond donors (Lipinski definition) is 1. The molecule has 0 radical (unpaired) electrons. The van der Waals surface area contributed by atoms with Crippen LogP contribution in [-0.4, -0.2) is 45.3 Å². The zero-order valence-corrected chi connectivity index (χ0v) is 12.5. The average Bonchev–Trinajstić information content (AvgIpc) is 2.34. The maximum absolute atomic E-state index is 5.90. The van der Waals surface area contributed by atoms with Gasteiger partial charge in [-0.05, 0) is 45.5 Å². The van der Waals surface area contributed by atoms with E-state index in [4.69, 9.17) is 15.2 Å². The van der Waals surface area contributed by atoms with E-state index in [0.29, 0.717) is 6.61 Å². The number of benzene rings is 1. The van der Waals surface area contributed by atoms with Gasteiger partial charge in [0.05, 0.1) is 13.7 Å². The van der Waals surface area contributed by atoms with Gasteiger partial charge in [-0.2, -0.15) is 0 Å². The molecule has 0 spiro atoms. The Bertz CT molecular complexity index is 378. The number of hydrogen-bond acceptors (Lipinski definition) is 4. The van der Waals surface area contributed by atoms with Crippen molar-refractivity contribution in [2.45, 2.75) is 25.8 Å². The molecule has 4 heteroatoms. The van der Waals surface area contributed by atoms with Gasteiger partial charge in [0.1, 0.15) is 0 Å². The van der Waals surface area contributed by atoms with E-state index in [1.165, 1.54) is 0 Å². The van der Waals surface area contributed by atoms with Gasteiger partial charge in [-0.3, -0.25) is 0 Å². The molecule has 0 amide bonds. The lowest BCUT2D eigenvalue weighted by Crippen LogP contribution is -2.19. The summed E-state index contributed by atoms with van der Waals surface area (Å²) in [7, 11) is 5.78. The van der Waals surface area contributed by atoms with Crippen LogP contribution in [0.2, 0.25) is 0 Å². The summed E-state index contributed by atoms with van der Waals surface area (Å²) in [6, 6.07) is 6.05. The molecular weight excluding hydrogens is 240 g/mol. The van der Waals surface area contributed by atoms with Crippen LogP contribution < -0.4 is 15.2 Å². The molecule has 0 saturated carbocycles. The largest absolute Gasteiger partial charge is 0.493 e. The molecule has 0 aromatic heterocycles. The molecule has 0 fully saturated rings. The molecule has 0 aliphatic carbocycles. The Morgan fingerprint density at radius 1 is 1.32 bits per heavy atom. The Hall–Kier alpha value is -1.26. The minimum Gasteiger partial charge on any atom is -0.493 e. The Morgan fingerprint density at radius 3 is 2.63 bits per heavy atom. The second-order valence-corrected chi connectivity index (χ2v) is 5.14. The van der Waals surface area contributed by atoms with E-state index in [-0.39, 0.29) is 6.04 Å². The molecular formula is C15H26N2O2. The Kier molecular flexibility index (Phi) is 6.67. The van der Waals surface area contributed by atoms with Gasteiger partial charge in [-0.25, -0.2) is 0 Å². The molecule has 1 aromatic carbocycles. The van der Waals surface area contributed by atoms with Gasteiger partial charge in [0.2, 0.25) is 0 Å². The zero-order valence-electron chi connectivity index (χ0n) is 12.5. The molecule has 0 saturated heterocycles. The number of nitrogens with two attached hydrogens (primary N) is 1. The monoisotopic (exact) mass is 266 g/mol. The van der Waals surface area contributed by atoms with Gasteiger partial charge >= 0.3 is 0 Å². The molecule has 1 unspecified atom stereocenters. The second kappa shape index (κ2) is 8.02. The molecule has 0 heterocycles. The van der Waals surface area contributed by atoms with Crippen molar-refractivity contribution in [2.24, 2.45) is 5.73 Å². The van der Waals surface area contributed by atoms with Crippen LogP contribution in [0.4, 0.5) is 0 Å². The van der Waals surface area contributed by atoms with Crippen LogP contribution in [-0.2, 0) is 6.42 Å². The highest BCUT2D eigenvalue weighted by Crippen LogP contribution is 2.31. The third-order valence-electron chi connectivity index (χ3n) is 2.82. The van der Waals surface area contributed by atoms with Gasteiger partial charge in [0.25, 0.3) is 0 Å². The van der Waals surface area contributed by atoms with Crippen molar-refractivity contribution in [3.63, 3.8) is 0 Å². The first-order valence-electron chi connectivity index (χ1n) is 6.73. The SMILES string of the molecule is COc1cccc(CC(C)N)c1OCCCN(C)C. The molecule has 2 N–H and O–H groups in total. The second-order valence-electron chi connectivity index (χ2n) is 5.14. The maximum Gasteiger partial charge on any atom is 0.164 e. The fourth-order valence-corrected chi connectivity index (χ4v) is 1.95. The summed E-state index contributed by atoms with van der Waals surface area (Å²) in [5.74, 6) is 1.61. The number of para-hydroxylation sites is 1. The van der Waals surface area contributed by atoms with Crippen LogP contribution in [0.1, 0.15) is 18.9 Å². The topological polar surface area (TPSA) is 47.7 Å². The Labute approximate surface area is 116 Å². The highest BCUT2D eigenvalue weighted by molar-refractivity contribution is 5.47. The summed E-state index contributed by atoms with van der Waals surface area (Å²) in [4.78, 5) is 2.15. The minimum atomic E-state index is 0.108. The third kappa shape index (κ3) is 5.49. The van der Waals surface area contributed by atoms with Crippen LogP contribution in [0.3, 0.4) is 0 Å². The molecule has 1 atom stereocenters. The number of rotatable bonds is 8. The van der Waals surface area contributed by atoms with E-state index in [9.17, 15) is 0 Å². The smallest absolute Gasteiger partial charge is 0.164 e. The van der Waals surface area contributed by atoms with Crippen molar-refractivity contribution in [3.8, 4) is 11.5 Å². The van der Waals surface area contributed by atoms with Gasteiger partial charge in [-0.15, -0.1) is 0 Å². The molecule has 1 rings (SSSR count). The summed E-state index contributed by atoms with van der Waals surface area (Å²) in [6.07, 6.45) is 1.78. The van der Waals surface area contributed by atoms with E-state index in [1.54, 1.807) is 7.11 Å². The summed E-state index contributed by atoms with van der Waals surface area (Å²) in [6.45, 7) is 3.69. The summed E-state index contributed by atoms with van der Waals surface area (Å²) < 4.78 is 11.3. The summed E-state index contributed by atoms with van der Waals surface area (Å²) in [5, 5.41) is 0. The molecule has 1 aromatic rings. The third-order valence-corrected chi connectivity index (χ3v) is 2.82. The van der Waals surface area contributed by atoms with Crippen LogP contribution in [0.25, 0.3) is 0 Å². The van der Waals surface area contributed by atoms with Crippen molar-refractivity contribution in [1.29, 1.82) is 0 Å². The van der Waals surface area contributed by atoms with Crippen molar-refractivity contribution in [3.05, 3.63) is 23.8 Å². The fraction of sp³-hybridized carbons (Fsp3) is 0.600. The minimum absolute atomic E-state index is 0.108. The predicted molar refractivity (Wildman–Crippen MR) is 79.0 cm³/mol. The van der Waals surface area contributed by atoms with Crippen molar-refractivity contribution >= 4 is 0 Å². The van der Waals surface area contributed by atoms with E-state index < -0.39 is 0 Å². The first-order chi connectivity index (χ1) is 9.04. The number of nitrogens with zero attached hydrogens (tertiary/aromatic N) is 1. The molecule has 4 nitrogen and oxygen atoms in total. The summed E-state index contributed by atoms with van der Waals surface area (Å²) in [5.41, 5.74) is 6.99. The van der Waals surface area contributed by atoms with Gasteiger partial charge in [0.15, 0.2) is 11.5 Å². The maximum atomic E-state index is 5.90. The average molecular weight is 266 g/mol. The van der Waals surface area contributed by atoms with Crippen molar-refractivity contribution < 1.29 is 9.47 Å².